The molecule has 2 rings (SSSR count). The van der Waals surface area contributed by atoms with Crippen LogP contribution in [0.25, 0.3) is 0 Å². The molecule has 0 aliphatic carbocycles. The zero-order chi connectivity index (χ0) is 14.5. The summed E-state index contributed by atoms with van der Waals surface area (Å²) < 4.78 is 0.667. The first-order valence-electron chi connectivity index (χ1n) is 5.78. The Morgan fingerprint density at radius 1 is 1.25 bits per heavy atom. The number of hydrogen-bond donors (Lipinski definition) is 2. The number of pyridine rings is 1. The monoisotopic (exact) mass is 334 g/mol. The summed E-state index contributed by atoms with van der Waals surface area (Å²) in [5, 5.41) is 11.8. The SMILES string of the molecule is O=C(Cc1ccccc1C(=O)O)Nc1ccncc1Br. The lowest BCUT2D eigenvalue weighted by Gasteiger charge is -2.08. The number of carbonyl (C=O) groups excluding carboxylic acids is 1. The summed E-state index contributed by atoms with van der Waals surface area (Å²) in [6.45, 7) is 0. The van der Waals surface area contributed by atoms with Gasteiger partial charge in [0.05, 0.1) is 22.1 Å². The fourth-order valence-electron chi connectivity index (χ4n) is 1.73. The van der Waals surface area contributed by atoms with E-state index in [4.69, 9.17) is 5.11 Å². The standard InChI is InChI=1S/C14H11BrN2O3/c15-11-8-16-6-5-12(11)17-13(18)7-9-3-1-2-4-10(9)14(19)20/h1-6,8H,7H2,(H,19,20)(H,16,17,18). The van der Waals surface area contributed by atoms with Crippen LogP contribution in [0, 0.1) is 0 Å². The second kappa shape index (κ2) is 6.29. The van der Waals surface area contributed by atoms with Crippen LogP contribution in [-0.2, 0) is 11.2 Å². The van der Waals surface area contributed by atoms with E-state index in [9.17, 15) is 9.59 Å². The second-order valence-electron chi connectivity index (χ2n) is 4.04. The second-order valence-corrected chi connectivity index (χ2v) is 4.90. The number of hydrogen-bond acceptors (Lipinski definition) is 3. The van der Waals surface area contributed by atoms with Crippen LogP contribution in [0.1, 0.15) is 15.9 Å². The molecule has 2 aromatic rings. The number of anilines is 1. The Balaban J connectivity index is 2.13. The number of amides is 1. The molecular formula is C14H11BrN2O3. The molecule has 0 atom stereocenters. The van der Waals surface area contributed by atoms with E-state index in [0.29, 0.717) is 15.7 Å². The molecule has 20 heavy (non-hydrogen) atoms. The third kappa shape index (κ3) is 3.42. The van der Waals surface area contributed by atoms with Crippen LogP contribution in [0.4, 0.5) is 5.69 Å². The number of benzene rings is 1. The van der Waals surface area contributed by atoms with Crippen molar-refractivity contribution in [1.29, 1.82) is 0 Å². The average Bonchev–Trinajstić information content (AvgIpc) is 2.41. The van der Waals surface area contributed by atoms with E-state index >= 15 is 0 Å². The molecule has 0 saturated carbocycles. The molecule has 0 unspecified atom stereocenters. The Bertz CT molecular complexity index is 658. The predicted octanol–water partition coefficient (Wildman–Crippen LogP) is 2.72. The van der Waals surface area contributed by atoms with Gasteiger partial charge in [-0.2, -0.15) is 0 Å². The van der Waals surface area contributed by atoms with E-state index in [2.05, 4.69) is 26.2 Å². The number of carboxylic acid groups (broad SMARTS) is 1. The van der Waals surface area contributed by atoms with E-state index in [0.717, 1.165) is 0 Å². The summed E-state index contributed by atoms with van der Waals surface area (Å²) in [6.07, 6.45) is 3.13. The van der Waals surface area contributed by atoms with Crippen molar-refractivity contribution in [2.24, 2.45) is 0 Å². The fraction of sp³-hybridized carbons (Fsp3) is 0.0714. The maximum Gasteiger partial charge on any atom is 0.335 e. The summed E-state index contributed by atoms with van der Waals surface area (Å²) in [7, 11) is 0. The molecule has 1 amide bonds. The zero-order valence-electron chi connectivity index (χ0n) is 10.3. The Morgan fingerprint density at radius 2 is 2.00 bits per heavy atom. The first-order chi connectivity index (χ1) is 9.58. The molecule has 0 fully saturated rings. The van der Waals surface area contributed by atoms with Gasteiger partial charge in [-0.25, -0.2) is 4.79 Å². The van der Waals surface area contributed by atoms with Crippen molar-refractivity contribution in [3.63, 3.8) is 0 Å². The van der Waals surface area contributed by atoms with Crippen LogP contribution in [0.15, 0.2) is 47.2 Å². The van der Waals surface area contributed by atoms with E-state index in [1.165, 1.54) is 6.07 Å². The van der Waals surface area contributed by atoms with Crippen LogP contribution in [-0.4, -0.2) is 22.0 Å². The normalized spacial score (nSPS) is 10.1. The maximum absolute atomic E-state index is 12.0. The maximum atomic E-state index is 12.0. The van der Waals surface area contributed by atoms with Crippen LogP contribution in [0.2, 0.25) is 0 Å². The lowest BCUT2D eigenvalue weighted by Crippen LogP contribution is -2.16. The topological polar surface area (TPSA) is 79.3 Å². The smallest absolute Gasteiger partial charge is 0.335 e. The largest absolute Gasteiger partial charge is 0.478 e. The molecule has 1 heterocycles. The number of aromatic carboxylic acids is 1. The summed E-state index contributed by atoms with van der Waals surface area (Å²) >= 11 is 3.28. The van der Waals surface area contributed by atoms with Crippen molar-refractivity contribution >= 4 is 33.5 Å². The highest BCUT2D eigenvalue weighted by atomic mass is 79.9. The molecular weight excluding hydrogens is 324 g/mol. The number of halogens is 1. The minimum absolute atomic E-state index is 0.00274. The molecule has 2 N–H and O–H groups in total. The van der Waals surface area contributed by atoms with E-state index in [1.54, 1.807) is 36.7 Å². The highest BCUT2D eigenvalue weighted by molar-refractivity contribution is 9.10. The van der Waals surface area contributed by atoms with Gasteiger partial charge in [0.1, 0.15) is 0 Å². The van der Waals surface area contributed by atoms with Gasteiger partial charge in [0, 0.05) is 12.4 Å². The number of rotatable bonds is 4. The molecule has 0 spiro atoms. The van der Waals surface area contributed by atoms with Crippen molar-refractivity contribution in [1.82, 2.24) is 4.98 Å². The van der Waals surface area contributed by atoms with Gasteiger partial charge >= 0.3 is 5.97 Å². The summed E-state index contributed by atoms with van der Waals surface area (Å²) in [5.41, 5.74) is 1.21. The van der Waals surface area contributed by atoms with Gasteiger partial charge in [-0.15, -0.1) is 0 Å². The van der Waals surface area contributed by atoms with Crippen LogP contribution >= 0.6 is 15.9 Å². The number of carbonyl (C=O) groups is 2. The molecule has 102 valence electrons. The van der Waals surface area contributed by atoms with E-state index < -0.39 is 5.97 Å². The molecule has 1 aromatic carbocycles. The van der Waals surface area contributed by atoms with Crippen molar-refractivity contribution in [2.45, 2.75) is 6.42 Å². The average molecular weight is 335 g/mol. The van der Waals surface area contributed by atoms with Gasteiger partial charge < -0.3 is 10.4 Å². The van der Waals surface area contributed by atoms with E-state index in [1.807, 2.05) is 0 Å². The summed E-state index contributed by atoms with van der Waals surface area (Å²) in [4.78, 5) is 26.9. The Hall–Kier alpha value is -2.21. The van der Waals surface area contributed by atoms with Gasteiger partial charge in [-0.05, 0) is 33.6 Å². The lowest BCUT2D eigenvalue weighted by atomic mass is 10.0. The van der Waals surface area contributed by atoms with Gasteiger partial charge in [-0.3, -0.25) is 9.78 Å². The van der Waals surface area contributed by atoms with Crippen molar-refractivity contribution < 1.29 is 14.7 Å². The minimum Gasteiger partial charge on any atom is -0.478 e. The molecule has 0 saturated heterocycles. The molecule has 0 bridgehead atoms. The van der Waals surface area contributed by atoms with Gasteiger partial charge in [0.2, 0.25) is 5.91 Å². The lowest BCUT2D eigenvalue weighted by molar-refractivity contribution is -0.115. The Labute approximate surface area is 123 Å². The van der Waals surface area contributed by atoms with Crippen LogP contribution in [0.3, 0.4) is 0 Å². The number of nitrogens with one attached hydrogen (secondary N) is 1. The zero-order valence-corrected chi connectivity index (χ0v) is 11.9. The third-order valence-electron chi connectivity index (χ3n) is 2.65. The van der Waals surface area contributed by atoms with Gasteiger partial charge in [0.25, 0.3) is 0 Å². The Morgan fingerprint density at radius 3 is 2.70 bits per heavy atom. The molecule has 0 radical (unpaired) electrons. The van der Waals surface area contributed by atoms with Crippen molar-refractivity contribution in [3.8, 4) is 0 Å². The molecule has 6 heteroatoms. The minimum atomic E-state index is -1.04. The predicted molar refractivity (Wildman–Crippen MR) is 77.7 cm³/mol. The van der Waals surface area contributed by atoms with E-state index in [-0.39, 0.29) is 17.9 Å². The highest BCUT2D eigenvalue weighted by Crippen LogP contribution is 2.20. The van der Waals surface area contributed by atoms with Crippen molar-refractivity contribution in [2.75, 3.05) is 5.32 Å². The number of carboxylic acids is 1. The molecule has 1 aromatic heterocycles. The molecule has 5 nitrogen and oxygen atoms in total. The van der Waals surface area contributed by atoms with Gasteiger partial charge in [0.15, 0.2) is 0 Å². The number of nitrogens with zero attached hydrogens (tertiary/aromatic N) is 1. The summed E-state index contributed by atoms with van der Waals surface area (Å²) in [5.74, 6) is -1.33. The fourth-order valence-corrected chi connectivity index (χ4v) is 2.08. The van der Waals surface area contributed by atoms with Crippen LogP contribution in [0.5, 0.6) is 0 Å². The number of aromatic nitrogens is 1. The molecule has 0 aliphatic rings. The first-order valence-corrected chi connectivity index (χ1v) is 6.58. The van der Waals surface area contributed by atoms with Crippen LogP contribution < -0.4 is 5.32 Å². The first kappa shape index (κ1) is 14.2. The third-order valence-corrected chi connectivity index (χ3v) is 3.28. The quantitative estimate of drug-likeness (QED) is 0.900. The summed E-state index contributed by atoms with van der Waals surface area (Å²) in [6, 6.07) is 8.10. The Kier molecular flexibility index (Phi) is 4.47. The molecule has 0 aliphatic heterocycles. The van der Waals surface area contributed by atoms with Crippen molar-refractivity contribution in [3.05, 3.63) is 58.3 Å². The van der Waals surface area contributed by atoms with Gasteiger partial charge in [-0.1, -0.05) is 18.2 Å². The highest BCUT2D eigenvalue weighted by Gasteiger charge is 2.13.